The van der Waals surface area contributed by atoms with E-state index in [0.717, 1.165) is 17.9 Å². The fraction of sp³-hybridized carbons (Fsp3) is 0.533. The summed E-state index contributed by atoms with van der Waals surface area (Å²) >= 11 is 0. The second-order valence-electron chi connectivity index (χ2n) is 11.3. The van der Waals surface area contributed by atoms with Crippen molar-refractivity contribution < 1.29 is 15.0 Å². The molecule has 0 bridgehead atoms. The van der Waals surface area contributed by atoms with Crippen molar-refractivity contribution in [2.24, 2.45) is 22.2 Å². The fourth-order valence-corrected chi connectivity index (χ4v) is 4.00. The minimum absolute atomic E-state index is 0.154. The Labute approximate surface area is 207 Å². The molecule has 2 aromatic rings. The highest BCUT2D eigenvalue weighted by Crippen LogP contribution is 2.23. The van der Waals surface area contributed by atoms with E-state index >= 15 is 0 Å². The third kappa shape index (κ3) is 12.6. The van der Waals surface area contributed by atoms with Gasteiger partial charge in [0.2, 0.25) is 0 Å². The molecule has 2 unspecified atom stereocenters. The van der Waals surface area contributed by atoms with Gasteiger partial charge >= 0.3 is 5.97 Å². The van der Waals surface area contributed by atoms with Gasteiger partial charge in [-0.25, -0.2) is 4.79 Å². The van der Waals surface area contributed by atoms with Gasteiger partial charge in [0, 0.05) is 12.6 Å². The number of nitrogens with zero attached hydrogens (tertiary/aromatic N) is 1. The van der Waals surface area contributed by atoms with E-state index in [4.69, 9.17) is 0 Å². The first-order chi connectivity index (χ1) is 15.8. The van der Waals surface area contributed by atoms with Crippen LogP contribution in [0.4, 0.5) is 0 Å². The highest BCUT2D eigenvalue weighted by molar-refractivity contribution is 5.77. The van der Waals surface area contributed by atoms with Crippen molar-refractivity contribution >= 4 is 12.2 Å². The van der Waals surface area contributed by atoms with Crippen LogP contribution in [0, 0.1) is 17.3 Å². The number of phenolic OH excluding ortho intramolecular Hbond substituents is 1. The summed E-state index contributed by atoms with van der Waals surface area (Å²) in [5.74, 6) is 0.736. The van der Waals surface area contributed by atoms with E-state index in [2.05, 4.69) is 77.7 Å². The molecule has 2 N–H and O–H groups in total. The van der Waals surface area contributed by atoms with Crippen molar-refractivity contribution in [3.05, 3.63) is 65.2 Å². The maximum Gasteiger partial charge on any atom is 0.328 e. The van der Waals surface area contributed by atoms with Gasteiger partial charge in [0.15, 0.2) is 6.04 Å². The molecule has 0 heterocycles. The Morgan fingerprint density at radius 2 is 1.38 bits per heavy atom. The minimum atomic E-state index is -0.942. The number of aliphatic imine (C=N–C) groups is 1. The maximum absolute atomic E-state index is 11.5. The van der Waals surface area contributed by atoms with Crippen LogP contribution in [0.5, 0.6) is 5.75 Å². The predicted octanol–water partition coefficient (Wildman–Crippen LogP) is 7.54. The molecule has 4 heteroatoms. The quantitative estimate of drug-likeness (QED) is 0.374. The molecule has 2 rings (SSSR count). The molecule has 2 aromatic carbocycles. The molecule has 0 radical (unpaired) electrons. The summed E-state index contributed by atoms with van der Waals surface area (Å²) in [5, 5.41) is 18.7. The normalized spacial score (nSPS) is 13.6. The van der Waals surface area contributed by atoms with E-state index in [9.17, 15) is 15.0 Å². The number of hydrogen-bond acceptors (Lipinski definition) is 3. The first kappa shape index (κ1) is 29.4. The van der Waals surface area contributed by atoms with Gasteiger partial charge in [-0.1, -0.05) is 91.8 Å². The van der Waals surface area contributed by atoms with E-state index in [0.29, 0.717) is 17.8 Å². The second-order valence-corrected chi connectivity index (χ2v) is 11.3. The topological polar surface area (TPSA) is 69.9 Å². The van der Waals surface area contributed by atoms with Crippen molar-refractivity contribution in [2.45, 2.75) is 86.6 Å². The summed E-state index contributed by atoms with van der Waals surface area (Å²) < 4.78 is 0. The molecule has 0 aliphatic rings. The molecule has 0 amide bonds. The zero-order chi connectivity index (χ0) is 25.9. The van der Waals surface area contributed by atoms with Crippen LogP contribution in [-0.4, -0.2) is 28.4 Å². The lowest BCUT2D eigenvalue weighted by Crippen LogP contribution is -2.21. The highest BCUT2D eigenvalue weighted by atomic mass is 16.4. The van der Waals surface area contributed by atoms with Crippen LogP contribution in [0.15, 0.2) is 53.5 Å². The summed E-state index contributed by atoms with van der Waals surface area (Å²) in [4.78, 5) is 15.8. The number of benzene rings is 2. The van der Waals surface area contributed by atoms with Crippen LogP contribution in [0.1, 0.15) is 84.4 Å². The van der Waals surface area contributed by atoms with Gasteiger partial charge in [0.05, 0.1) is 0 Å². The van der Waals surface area contributed by atoms with Crippen LogP contribution in [0.2, 0.25) is 0 Å². The number of rotatable bonds is 9. The van der Waals surface area contributed by atoms with E-state index < -0.39 is 12.0 Å². The predicted molar refractivity (Wildman–Crippen MR) is 144 cm³/mol. The van der Waals surface area contributed by atoms with Crippen molar-refractivity contribution in [3.8, 4) is 5.75 Å². The number of aromatic hydroxyl groups is 1. The van der Waals surface area contributed by atoms with Crippen molar-refractivity contribution in [3.63, 3.8) is 0 Å². The zero-order valence-corrected chi connectivity index (χ0v) is 22.4. The summed E-state index contributed by atoms with van der Waals surface area (Å²) in [6.45, 7) is 17.8. The van der Waals surface area contributed by atoms with Gasteiger partial charge in [-0.15, -0.1) is 0 Å². The third-order valence-electron chi connectivity index (χ3n) is 5.40. The zero-order valence-electron chi connectivity index (χ0n) is 22.4. The molecule has 0 saturated heterocycles. The molecule has 0 fully saturated rings. The average molecular weight is 468 g/mol. The molecule has 188 valence electrons. The third-order valence-corrected chi connectivity index (χ3v) is 5.40. The Balaban J connectivity index is 0.000000620. The van der Waals surface area contributed by atoms with Crippen LogP contribution in [0.25, 0.3) is 0 Å². The van der Waals surface area contributed by atoms with Gasteiger partial charge in [0.1, 0.15) is 5.75 Å². The molecule has 0 aliphatic heterocycles. The van der Waals surface area contributed by atoms with Crippen LogP contribution in [0.3, 0.4) is 0 Å². The Bertz CT molecular complexity index is 875. The summed E-state index contributed by atoms with van der Waals surface area (Å²) in [6, 6.07) is 14.3. The van der Waals surface area contributed by atoms with E-state index in [1.807, 2.05) is 6.92 Å². The Morgan fingerprint density at radius 1 is 0.882 bits per heavy atom. The second kappa shape index (κ2) is 13.9. The van der Waals surface area contributed by atoms with Crippen molar-refractivity contribution in [2.75, 3.05) is 0 Å². The number of carbonyl (C=O) groups is 1. The highest BCUT2D eigenvalue weighted by Gasteiger charge is 2.16. The number of hydrogen-bond donors (Lipinski definition) is 2. The first-order valence-corrected chi connectivity index (χ1v) is 12.4. The van der Waals surface area contributed by atoms with E-state index in [-0.39, 0.29) is 11.7 Å². The standard InChI is InChI=1S/C22H27NO3.C8H18/c1-15(2)19-8-4-17(5-9-19)12-16(3)14-23-21(22(25)26)13-18-6-10-20(24)11-7-18;1-7(2)6-8(3,4)5/h4-11,14-16,21,24H,12-13H2,1-3H3,(H,25,26);7H,6H2,1-5H3. The molecule has 0 spiro atoms. The van der Waals surface area contributed by atoms with E-state index in [1.54, 1.807) is 30.5 Å². The molecule has 2 atom stereocenters. The number of carboxylic acids is 1. The number of carboxylic acid groups (broad SMARTS) is 1. The number of phenols is 1. The molecular weight excluding hydrogens is 422 g/mol. The molecular formula is C30H45NO3. The smallest absolute Gasteiger partial charge is 0.328 e. The molecule has 0 aromatic heterocycles. The maximum atomic E-state index is 11.5. The monoisotopic (exact) mass is 467 g/mol. The molecule has 4 nitrogen and oxygen atoms in total. The van der Waals surface area contributed by atoms with Crippen molar-refractivity contribution in [1.29, 1.82) is 0 Å². The number of aliphatic carboxylic acids is 1. The molecule has 34 heavy (non-hydrogen) atoms. The lowest BCUT2D eigenvalue weighted by atomic mass is 9.86. The Kier molecular flexibility index (Phi) is 12.1. The first-order valence-electron chi connectivity index (χ1n) is 12.4. The van der Waals surface area contributed by atoms with Gasteiger partial charge in [-0.3, -0.25) is 4.99 Å². The van der Waals surface area contributed by atoms with Gasteiger partial charge in [-0.2, -0.15) is 0 Å². The van der Waals surface area contributed by atoms with Gasteiger partial charge in [0.25, 0.3) is 0 Å². The minimum Gasteiger partial charge on any atom is -0.508 e. The summed E-state index contributed by atoms with van der Waals surface area (Å²) in [5.41, 5.74) is 3.90. The lowest BCUT2D eigenvalue weighted by Gasteiger charge is -2.19. The van der Waals surface area contributed by atoms with Crippen LogP contribution < -0.4 is 0 Å². The largest absolute Gasteiger partial charge is 0.508 e. The average Bonchev–Trinajstić information content (AvgIpc) is 2.71. The van der Waals surface area contributed by atoms with Crippen LogP contribution >= 0.6 is 0 Å². The Morgan fingerprint density at radius 3 is 1.79 bits per heavy atom. The fourth-order valence-electron chi connectivity index (χ4n) is 4.00. The Hall–Kier alpha value is -2.62. The molecule has 0 aliphatic carbocycles. The summed E-state index contributed by atoms with van der Waals surface area (Å²) in [7, 11) is 0. The van der Waals surface area contributed by atoms with Gasteiger partial charge < -0.3 is 10.2 Å². The summed E-state index contributed by atoms with van der Waals surface area (Å²) in [6.07, 6.45) is 4.21. The molecule has 0 saturated carbocycles. The van der Waals surface area contributed by atoms with Gasteiger partial charge in [-0.05, 0) is 64.8 Å². The van der Waals surface area contributed by atoms with E-state index in [1.165, 1.54) is 17.5 Å². The van der Waals surface area contributed by atoms with Crippen LogP contribution in [-0.2, 0) is 17.6 Å². The lowest BCUT2D eigenvalue weighted by molar-refractivity contribution is -0.138. The SMILES string of the molecule is CC(C)CC(C)(C)C.CC(C=NC(Cc1ccc(O)cc1)C(=O)O)Cc1ccc(C(C)C)cc1. The van der Waals surface area contributed by atoms with Crippen molar-refractivity contribution in [1.82, 2.24) is 0 Å².